The fourth-order valence-corrected chi connectivity index (χ4v) is 0.792. The van der Waals surface area contributed by atoms with Gasteiger partial charge in [-0.3, -0.25) is 9.59 Å². The van der Waals surface area contributed by atoms with Gasteiger partial charge in [-0.15, -0.1) is 0 Å². The van der Waals surface area contributed by atoms with Crippen molar-refractivity contribution in [3.63, 3.8) is 0 Å². The lowest BCUT2D eigenvalue weighted by Gasteiger charge is -1.92. The number of ketones is 1. The zero-order valence-corrected chi connectivity index (χ0v) is 5.91. The first-order valence-corrected chi connectivity index (χ1v) is 3.28. The second kappa shape index (κ2) is 3.66. The largest absolute Gasteiger partial charge is 0.294 e. The highest BCUT2D eigenvalue weighted by molar-refractivity contribution is 6.02. The van der Waals surface area contributed by atoms with E-state index in [9.17, 15) is 9.59 Å². The van der Waals surface area contributed by atoms with E-state index in [4.69, 9.17) is 0 Å². The highest BCUT2D eigenvalue weighted by Gasteiger charge is 2.02. The molecule has 1 rings (SSSR count). The van der Waals surface area contributed by atoms with Gasteiger partial charge in [0.2, 0.25) is 6.29 Å². The second-order valence-electron chi connectivity index (χ2n) is 2.11. The van der Waals surface area contributed by atoms with E-state index in [1.807, 2.05) is 6.07 Å². The number of benzene rings is 1. The first-order valence-electron chi connectivity index (χ1n) is 3.28. The topological polar surface area (TPSA) is 34.1 Å². The Morgan fingerprint density at radius 2 is 1.91 bits per heavy atom. The summed E-state index contributed by atoms with van der Waals surface area (Å²) in [6, 6.07) is 8.71. The van der Waals surface area contributed by atoms with Gasteiger partial charge in [0, 0.05) is 5.56 Å². The van der Waals surface area contributed by atoms with Crippen LogP contribution in [-0.4, -0.2) is 12.1 Å². The molecule has 0 saturated carbocycles. The Balaban J connectivity index is 2.77. The number of hydrogen-bond acceptors (Lipinski definition) is 2. The molecule has 1 radical (unpaired) electrons. The van der Waals surface area contributed by atoms with E-state index in [0.29, 0.717) is 5.56 Å². The second-order valence-corrected chi connectivity index (χ2v) is 2.11. The minimum absolute atomic E-state index is 0.149. The van der Waals surface area contributed by atoms with E-state index in [1.54, 1.807) is 30.6 Å². The molecule has 0 aliphatic rings. The van der Waals surface area contributed by atoms with Crippen LogP contribution >= 0.6 is 0 Å². The van der Waals surface area contributed by atoms with Gasteiger partial charge in [0.05, 0.1) is 6.42 Å². The van der Waals surface area contributed by atoms with E-state index in [2.05, 4.69) is 0 Å². The number of carbonyl (C=O) groups is 1. The van der Waals surface area contributed by atoms with E-state index >= 15 is 0 Å². The van der Waals surface area contributed by atoms with Crippen LogP contribution in [0.3, 0.4) is 0 Å². The van der Waals surface area contributed by atoms with E-state index in [0.717, 1.165) is 0 Å². The van der Waals surface area contributed by atoms with Gasteiger partial charge in [-0.1, -0.05) is 30.3 Å². The standard InChI is InChI=1S/C9H7O2/c10-7-6-9(11)8-4-2-1-3-5-8/h1-5H,6H2. The average molecular weight is 147 g/mol. The summed E-state index contributed by atoms with van der Waals surface area (Å²) in [6.07, 6.45) is 1.42. The third-order valence-electron chi connectivity index (χ3n) is 1.33. The molecule has 11 heavy (non-hydrogen) atoms. The van der Waals surface area contributed by atoms with Crippen LogP contribution in [0, 0.1) is 0 Å². The molecule has 0 amide bonds. The van der Waals surface area contributed by atoms with Crippen molar-refractivity contribution in [3.05, 3.63) is 35.9 Å². The predicted octanol–water partition coefficient (Wildman–Crippen LogP) is 1.37. The molecular weight excluding hydrogens is 140 g/mol. The van der Waals surface area contributed by atoms with Gasteiger partial charge in [0.15, 0.2) is 5.78 Å². The molecule has 0 N–H and O–H groups in total. The summed E-state index contributed by atoms with van der Waals surface area (Å²) in [4.78, 5) is 20.8. The van der Waals surface area contributed by atoms with Crippen molar-refractivity contribution < 1.29 is 9.59 Å². The molecule has 0 spiro atoms. The van der Waals surface area contributed by atoms with Crippen molar-refractivity contribution >= 4 is 12.1 Å². The lowest BCUT2D eigenvalue weighted by Crippen LogP contribution is -1.98. The van der Waals surface area contributed by atoms with Gasteiger partial charge >= 0.3 is 0 Å². The molecule has 0 aliphatic heterocycles. The first kappa shape index (κ1) is 7.66. The monoisotopic (exact) mass is 147 g/mol. The Morgan fingerprint density at radius 1 is 1.27 bits per heavy atom. The number of carbonyl (C=O) groups excluding carboxylic acids is 2. The normalized spacial score (nSPS) is 9.09. The van der Waals surface area contributed by atoms with Gasteiger partial charge in [-0.2, -0.15) is 0 Å². The third-order valence-corrected chi connectivity index (χ3v) is 1.33. The molecule has 0 atom stereocenters. The summed E-state index contributed by atoms with van der Waals surface area (Å²) in [5.74, 6) is -0.180. The van der Waals surface area contributed by atoms with Crippen molar-refractivity contribution in [3.8, 4) is 0 Å². The first-order chi connectivity index (χ1) is 5.34. The van der Waals surface area contributed by atoms with Crippen molar-refractivity contribution in [1.82, 2.24) is 0 Å². The number of Topliss-reactive ketones (excluding diaryl/α,β-unsaturated/α-hetero) is 1. The van der Waals surface area contributed by atoms with Gasteiger partial charge in [-0.25, -0.2) is 0 Å². The zero-order valence-electron chi connectivity index (χ0n) is 5.91. The summed E-state index contributed by atoms with van der Waals surface area (Å²) >= 11 is 0. The highest BCUT2D eigenvalue weighted by atomic mass is 16.1. The van der Waals surface area contributed by atoms with E-state index in [-0.39, 0.29) is 12.2 Å². The number of hydrogen-bond donors (Lipinski definition) is 0. The molecule has 0 aromatic heterocycles. The summed E-state index contributed by atoms with van der Waals surface area (Å²) in [7, 11) is 0. The van der Waals surface area contributed by atoms with E-state index in [1.165, 1.54) is 0 Å². The van der Waals surface area contributed by atoms with Crippen LogP contribution in [-0.2, 0) is 4.79 Å². The molecule has 2 nitrogen and oxygen atoms in total. The smallest absolute Gasteiger partial charge is 0.206 e. The summed E-state index contributed by atoms with van der Waals surface area (Å²) in [6.45, 7) is 0. The van der Waals surface area contributed by atoms with Gasteiger partial charge in [-0.05, 0) is 0 Å². The zero-order chi connectivity index (χ0) is 8.10. The molecule has 0 fully saturated rings. The Bertz CT molecular complexity index is 252. The van der Waals surface area contributed by atoms with Gasteiger partial charge < -0.3 is 0 Å². The molecule has 0 bridgehead atoms. The summed E-state index contributed by atoms with van der Waals surface area (Å²) in [5.41, 5.74) is 0.566. The maximum Gasteiger partial charge on any atom is 0.206 e. The fourth-order valence-electron chi connectivity index (χ4n) is 0.792. The van der Waals surface area contributed by atoms with Crippen molar-refractivity contribution in [2.45, 2.75) is 6.42 Å². The predicted molar refractivity (Wildman–Crippen MR) is 41.1 cm³/mol. The maximum atomic E-state index is 11.0. The molecule has 1 aromatic rings. The summed E-state index contributed by atoms with van der Waals surface area (Å²) in [5, 5.41) is 0. The van der Waals surface area contributed by atoms with Crippen LogP contribution in [0.5, 0.6) is 0 Å². The van der Waals surface area contributed by atoms with Crippen LogP contribution in [0.2, 0.25) is 0 Å². The lowest BCUT2D eigenvalue weighted by molar-refractivity contribution is 0.1000. The molecular formula is C9H7O2. The molecule has 0 aliphatic carbocycles. The molecule has 0 unspecified atom stereocenters. The Hall–Kier alpha value is -1.44. The van der Waals surface area contributed by atoms with Gasteiger partial charge in [0.25, 0.3) is 0 Å². The summed E-state index contributed by atoms with van der Waals surface area (Å²) < 4.78 is 0. The minimum atomic E-state index is -0.180. The number of rotatable bonds is 3. The van der Waals surface area contributed by atoms with Crippen LogP contribution < -0.4 is 0 Å². The maximum absolute atomic E-state index is 11.0. The quantitative estimate of drug-likeness (QED) is 0.478. The van der Waals surface area contributed by atoms with Crippen LogP contribution in [0.25, 0.3) is 0 Å². The molecule has 2 heteroatoms. The molecule has 1 aromatic carbocycles. The molecule has 0 saturated heterocycles. The SMILES string of the molecule is O=[C]CC(=O)c1ccccc1. The van der Waals surface area contributed by atoms with Crippen LogP contribution in [0.4, 0.5) is 0 Å². The Labute approximate surface area is 64.8 Å². The average Bonchev–Trinajstić information content (AvgIpc) is 2.07. The van der Waals surface area contributed by atoms with E-state index < -0.39 is 0 Å². The third kappa shape index (κ3) is 2.00. The minimum Gasteiger partial charge on any atom is -0.294 e. The molecule has 0 heterocycles. The van der Waals surface area contributed by atoms with Crippen molar-refractivity contribution in [2.75, 3.05) is 0 Å². The highest BCUT2D eigenvalue weighted by Crippen LogP contribution is 2.00. The van der Waals surface area contributed by atoms with Crippen LogP contribution in [0.1, 0.15) is 16.8 Å². The van der Waals surface area contributed by atoms with Crippen molar-refractivity contribution in [2.24, 2.45) is 0 Å². The Morgan fingerprint density at radius 3 is 2.45 bits per heavy atom. The lowest BCUT2D eigenvalue weighted by atomic mass is 10.1. The van der Waals surface area contributed by atoms with Crippen LogP contribution in [0.15, 0.2) is 30.3 Å². The fraction of sp³-hybridized carbons (Fsp3) is 0.111. The van der Waals surface area contributed by atoms with Gasteiger partial charge in [0.1, 0.15) is 0 Å². The Kier molecular flexibility index (Phi) is 2.55. The molecule has 55 valence electrons. The van der Waals surface area contributed by atoms with Crippen molar-refractivity contribution in [1.29, 1.82) is 0 Å².